The number of amides is 7. The molecule has 630 valence electrons. The Morgan fingerprint density at radius 3 is 2.06 bits per heavy atom. The summed E-state index contributed by atoms with van der Waals surface area (Å²) in [5.41, 5.74) is -0.600. The Labute approximate surface area is 676 Å². The Balaban J connectivity index is 1.05. The number of likely N-dealkylation sites (N-methyl/N-ethyl adjacent to an activating group) is 1. The first-order chi connectivity index (χ1) is 51.8. The summed E-state index contributed by atoms with van der Waals surface area (Å²) < 4.78 is 69.0. The third-order valence-electron chi connectivity index (χ3n) is 21.0. The molecule has 2 aromatic carbocycles. The number of nitrogens with zero attached hydrogens (tertiary/aromatic N) is 2. The number of hydrogen-bond donors (Lipinski definition) is 5. The molecule has 2 aromatic rings. The number of Topliss-reactive ketones (excluding diaryl/α,β-unsaturated/α-hetero) is 1. The zero-order valence-electron chi connectivity index (χ0n) is 71.0. The number of alkyl carbamates (subject to hydrolysis) is 1. The van der Waals surface area contributed by atoms with Crippen molar-refractivity contribution in [1.82, 2.24) is 31.5 Å². The van der Waals surface area contributed by atoms with E-state index < -0.39 is 103 Å². The molecular formula is C84H132ClN7O18S2. The number of rotatable bonds is 38. The SMILES string of the molecule is COc1cc2cc(c1Cl)N(C)C(=O)C[C@@H](OC(=O)[C@@H](C)N(C)C(=O)CCCCCNC(=O)CNC(=O)C(NC(=O)CCC(C)(C)OCCC(C)(C)NC(=O)c1ccc(C(=O)C(CSC(C)(C)CCOC(C)(C)C)CS(=O)(=O)C(C)(C)CCOC(C)(C)C)cc1)C(C)C)[C@@]1(C)OC1[C@H](C)C1C[C@@H](C/C=C\C=C(\C)C2)NC(=O)O1. The second kappa shape index (κ2) is 41.3. The first-order valence-corrected chi connectivity index (χ1v) is 42.5. The van der Waals surface area contributed by atoms with Crippen LogP contribution in [0.25, 0.3) is 0 Å². The largest absolute Gasteiger partial charge is 0.495 e. The van der Waals surface area contributed by atoms with Crippen molar-refractivity contribution in [2.75, 3.05) is 70.5 Å². The number of methoxy groups -OCH3 is 1. The number of ether oxygens (including phenoxy) is 7. The molecule has 0 saturated carbocycles. The number of epoxide rings is 1. The molecular weight excluding hydrogens is 1490 g/mol. The van der Waals surface area contributed by atoms with Crippen molar-refractivity contribution in [1.29, 1.82) is 0 Å². The molecule has 4 bridgehead atoms. The number of ketones is 1. The second-order valence-corrected chi connectivity index (χ2v) is 40.2. The van der Waals surface area contributed by atoms with Gasteiger partial charge in [0, 0.05) is 105 Å². The van der Waals surface area contributed by atoms with Crippen molar-refractivity contribution in [3.05, 3.63) is 81.9 Å². The molecule has 28 heteroatoms. The summed E-state index contributed by atoms with van der Waals surface area (Å²) in [6.07, 6.45) is 7.64. The number of allylic oxidation sites excluding steroid dienone is 3. The number of carbonyl (C=O) groups is 9. The second-order valence-electron chi connectivity index (χ2n) is 35.4. The highest BCUT2D eigenvalue weighted by Crippen LogP contribution is 2.49. The predicted octanol–water partition coefficient (Wildman–Crippen LogP) is 12.6. The fourth-order valence-corrected chi connectivity index (χ4v) is 16.3. The van der Waals surface area contributed by atoms with E-state index in [-0.39, 0.29) is 120 Å². The van der Waals surface area contributed by atoms with Crippen LogP contribution >= 0.6 is 23.4 Å². The van der Waals surface area contributed by atoms with Crippen molar-refractivity contribution in [3.8, 4) is 5.75 Å². The van der Waals surface area contributed by atoms with Crippen LogP contribution in [0.1, 0.15) is 242 Å². The van der Waals surface area contributed by atoms with E-state index in [2.05, 4.69) is 40.4 Å². The topological polar surface area (TPSA) is 322 Å². The Hall–Kier alpha value is -6.62. The Kier molecular flexibility index (Phi) is 35.4. The van der Waals surface area contributed by atoms with E-state index in [1.54, 1.807) is 84.6 Å². The maximum absolute atomic E-state index is 14.4. The van der Waals surface area contributed by atoms with E-state index >= 15 is 0 Å². The maximum Gasteiger partial charge on any atom is 0.407 e. The summed E-state index contributed by atoms with van der Waals surface area (Å²) in [6, 6.07) is 7.71. The minimum Gasteiger partial charge on any atom is -0.495 e. The highest BCUT2D eigenvalue weighted by Gasteiger charge is 2.64. The van der Waals surface area contributed by atoms with Gasteiger partial charge in [-0.1, -0.05) is 88.6 Å². The minimum absolute atomic E-state index is 0.0299. The molecule has 4 unspecified atom stereocenters. The van der Waals surface area contributed by atoms with Gasteiger partial charge in [0.05, 0.1) is 59.2 Å². The Bertz CT molecular complexity index is 3750. The molecule has 0 spiro atoms. The zero-order chi connectivity index (χ0) is 84.3. The van der Waals surface area contributed by atoms with Crippen molar-refractivity contribution in [2.45, 2.75) is 296 Å². The molecule has 7 amide bonds. The van der Waals surface area contributed by atoms with Gasteiger partial charge in [-0.3, -0.25) is 33.6 Å². The number of unbranched alkanes of at least 4 members (excludes halogenated alkanes) is 2. The van der Waals surface area contributed by atoms with E-state index in [0.29, 0.717) is 87.0 Å². The quantitative estimate of drug-likeness (QED) is 0.0180. The number of esters is 1. The Morgan fingerprint density at radius 2 is 1.44 bits per heavy atom. The highest BCUT2D eigenvalue weighted by atomic mass is 35.5. The molecule has 0 aliphatic carbocycles. The van der Waals surface area contributed by atoms with Crippen LogP contribution < -0.4 is 36.2 Å². The van der Waals surface area contributed by atoms with Crippen LogP contribution in [0.2, 0.25) is 5.02 Å². The third kappa shape index (κ3) is 30.5. The van der Waals surface area contributed by atoms with Gasteiger partial charge < -0.3 is 69.5 Å². The normalized spacial score (nSPS) is 21.1. The number of nitrogens with one attached hydrogen (secondary N) is 5. The monoisotopic (exact) mass is 1630 g/mol. The molecule has 3 aliphatic rings. The summed E-state index contributed by atoms with van der Waals surface area (Å²) in [7, 11) is 0.766. The molecule has 3 heterocycles. The number of anilines is 1. The van der Waals surface area contributed by atoms with Crippen LogP contribution in [0.5, 0.6) is 5.75 Å². The number of benzene rings is 2. The number of fused-ring (bicyclic) bond motifs is 5. The molecule has 9 atom stereocenters. The van der Waals surface area contributed by atoms with Gasteiger partial charge in [0.1, 0.15) is 40.7 Å². The van der Waals surface area contributed by atoms with Crippen molar-refractivity contribution in [2.24, 2.45) is 17.8 Å². The molecule has 25 nitrogen and oxygen atoms in total. The van der Waals surface area contributed by atoms with E-state index in [1.165, 1.54) is 24.0 Å². The average Bonchev–Trinajstić information content (AvgIpc) is 1.57. The summed E-state index contributed by atoms with van der Waals surface area (Å²) in [4.78, 5) is 126. The summed E-state index contributed by atoms with van der Waals surface area (Å²) in [6.45, 7) is 38.3. The average molecular weight is 1630 g/mol. The first kappa shape index (κ1) is 96.0. The lowest BCUT2D eigenvalue weighted by atomic mass is 9.85. The van der Waals surface area contributed by atoms with Crippen LogP contribution in [-0.2, 0) is 73.4 Å². The number of halogens is 1. The maximum atomic E-state index is 14.4. The smallest absolute Gasteiger partial charge is 0.407 e. The number of thioether (sulfide) groups is 1. The van der Waals surface area contributed by atoms with Crippen LogP contribution in [-0.4, -0.2) is 206 Å². The Morgan fingerprint density at radius 1 is 0.812 bits per heavy atom. The highest BCUT2D eigenvalue weighted by molar-refractivity contribution is 8.00. The third-order valence-corrected chi connectivity index (χ3v) is 25.7. The van der Waals surface area contributed by atoms with Crippen molar-refractivity contribution >= 4 is 92.2 Å². The van der Waals surface area contributed by atoms with Gasteiger partial charge in [-0.25, -0.2) is 18.0 Å². The van der Waals surface area contributed by atoms with Gasteiger partial charge in [0.2, 0.25) is 29.5 Å². The number of carbonyl (C=O) groups excluding carboxylic acids is 9. The van der Waals surface area contributed by atoms with Gasteiger partial charge in [-0.05, 0) is 191 Å². The molecule has 0 radical (unpaired) electrons. The zero-order valence-corrected chi connectivity index (χ0v) is 73.4. The predicted molar refractivity (Wildman–Crippen MR) is 440 cm³/mol. The van der Waals surface area contributed by atoms with Crippen LogP contribution in [0, 0.1) is 17.8 Å². The summed E-state index contributed by atoms with van der Waals surface area (Å²) in [5.74, 6) is -4.85. The van der Waals surface area contributed by atoms with Crippen LogP contribution in [0.15, 0.2) is 60.2 Å². The van der Waals surface area contributed by atoms with Crippen LogP contribution in [0.4, 0.5) is 10.5 Å². The van der Waals surface area contributed by atoms with E-state index in [0.717, 1.165) is 11.1 Å². The first-order valence-electron chi connectivity index (χ1n) is 39.4. The minimum atomic E-state index is -3.82. The molecule has 2 fully saturated rings. The molecule has 5 rings (SSSR count). The number of sulfone groups is 1. The fraction of sp³-hybridized carbons (Fsp3) is 0.702. The van der Waals surface area contributed by atoms with Gasteiger partial charge >= 0.3 is 12.1 Å². The lowest BCUT2D eigenvalue weighted by Gasteiger charge is -2.33. The fourth-order valence-electron chi connectivity index (χ4n) is 13.0. The van der Waals surface area contributed by atoms with Gasteiger partial charge in [0.25, 0.3) is 5.91 Å². The van der Waals surface area contributed by atoms with Gasteiger partial charge in [0.15, 0.2) is 15.6 Å². The van der Waals surface area contributed by atoms with Gasteiger partial charge in [-0.2, -0.15) is 11.8 Å². The van der Waals surface area contributed by atoms with Gasteiger partial charge in [-0.15, -0.1) is 0 Å². The lowest BCUT2D eigenvalue weighted by Crippen LogP contribution is -2.51. The van der Waals surface area contributed by atoms with E-state index in [1.807, 2.05) is 113 Å². The van der Waals surface area contributed by atoms with Crippen LogP contribution in [0.3, 0.4) is 0 Å². The molecule has 0 aromatic heterocycles. The van der Waals surface area contributed by atoms with Crippen molar-refractivity contribution < 1.29 is 84.7 Å². The number of hydrogen-bond acceptors (Lipinski definition) is 19. The molecule has 3 aliphatic heterocycles. The van der Waals surface area contributed by atoms with E-state index in [4.69, 9.17) is 44.8 Å². The molecule has 2 saturated heterocycles. The summed E-state index contributed by atoms with van der Waals surface area (Å²) >= 11 is 8.39. The van der Waals surface area contributed by atoms with Crippen molar-refractivity contribution in [3.63, 3.8) is 0 Å². The summed E-state index contributed by atoms with van der Waals surface area (Å²) in [5, 5.41) is 14.4. The standard InChI is InChI=1S/C84H132ClN7O18S2/c1-53(2)71(89-66(93)36-37-81(14,15)107-42-38-80(12,13)90-74(98)59-34-32-58(33-35-59)72(97)60(51-111-82(16,17)39-43-105-78(6,7)8)52-112(102,103)83(18,19)40-44-106-79(9,10)11)75(99)87-50-67(94)86-41-28-24-25-31-68(95)91(21)56(5)76(100)109-65-49-69(96)92(22)62-46-57(47-64(104-23)70(62)85)45-54(3)29-26-27-30-61-48-63(108-77(101)88-61)55(4)73-84(65,20)110-73/h26-27,29,32-35,46-47,53,55-56,60-61,63,65,71,73H,24-25,28,30-31,36-45,48-52H2,1-23H3,(H,86,94)(H,87,99)(H,88,101)(H,89,93)(H,90,98)/b27-26-,54-29-/t55-,56-,60?,61-,63?,65-,71?,73?,84-/m1/s1. The molecule has 5 N–H and O–H groups in total. The lowest BCUT2D eigenvalue weighted by molar-refractivity contribution is -0.162. The van der Waals surface area contributed by atoms with E-state index in [9.17, 15) is 51.6 Å². The molecule has 112 heavy (non-hydrogen) atoms.